The zero-order valence-electron chi connectivity index (χ0n) is 9.81. The minimum absolute atomic E-state index is 0.125. The van der Waals surface area contributed by atoms with Gasteiger partial charge in [-0.2, -0.15) is 0 Å². The predicted octanol–water partition coefficient (Wildman–Crippen LogP) is 2.96. The monoisotopic (exact) mass is 264 g/mol. The van der Waals surface area contributed by atoms with Crippen molar-refractivity contribution in [3.05, 3.63) is 52.0 Å². The van der Waals surface area contributed by atoms with Gasteiger partial charge in [0.2, 0.25) is 0 Å². The van der Waals surface area contributed by atoms with E-state index in [1.165, 1.54) is 12.1 Å². The summed E-state index contributed by atoms with van der Waals surface area (Å²) in [7, 11) is 0. The highest BCUT2D eigenvalue weighted by molar-refractivity contribution is 7.10. The molecular formula is C13H13FN2OS. The van der Waals surface area contributed by atoms with E-state index in [9.17, 15) is 9.18 Å². The van der Waals surface area contributed by atoms with Crippen molar-refractivity contribution >= 4 is 22.9 Å². The Morgan fingerprint density at radius 2 is 2.22 bits per heavy atom. The van der Waals surface area contributed by atoms with Crippen LogP contribution >= 0.6 is 11.3 Å². The van der Waals surface area contributed by atoms with Gasteiger partial charge in [0.1, 0.15) is 5.82 Å². The summed E-state index contributed by atoms with van der Waals surface area (Å²) >= 11 is 1.56. The number of thiophene rings is 1. The average Bonchev–Trinajstić information content (AvgIpc) is 2.85. The van der Waals surface area contributed by atoms with E-state index in [0.717, 1.165) is 10.9 Å². The van der Waals surface area contributed by atoms with E-state index in [1.54, 1.807) is 11.3 Å². The first-order chi connectivity index (χ1) is 8.58. The van der Waals surface area contributed by atoms with E-state index in [2.05, 4.69) is 5.32 Å². The van der Waals surface area contributed by atoms with Crippen LogP contribution in [0.5, 0.6) is 0 Å². The largest absolute Gasteiger partial charge is 0.398 e. The third-order valence-corrected chi connectivity index (χ3v) is 3.63. The van der Waals surface area contributed by atoms with E-state index >= 15 is 0 Å². The smallest absolute Gasteiger partial charge is 0.253 e. The van der Waals surface area contributed by atoms with Crippen molar-refractivity contribution in [3.63, 3.8) is 0 Å². The van der Waals surface area contributed by atoms with Crippen LogP contribution in [-0.4, -0.2) is 5.91 Å². The van der Waals surface area contributed by atoms with Crippen LogP contribution in [0.2, 0.25) is 0 Å². The van der Waals surface area contributed by atoms with Gasteiger partial charge in [0.15, 0.2) is 0 Å². The zero-order valence-corrected chi connectivity index (χ0v) is 10.6. The minimum Gasteiger partial charge on any atom is -0.398 e. The van der Waals surface area contributed by atoms with Crippen LogP contribution < -0.4 is 11.1 Å². The van der Waals surface area contributed by atoms with E-state index in [0.29, 0.717) is 0 Å². The predicted molar refractivity (Wildman–Crippen MR) is 71.0 cm³/mol. The minimum atomic E-state index is -0.474. The summed E-state index contributed by atoms with van der Waals surface area (Å²) in [6, 6.07) is 7.49. The van der Waals surface area contributed by atoms with Gasteiger partial charge >= 0.3 is 0 Å². The maximum atomic E-state index is 13.1. The van der Waals surface area contributed by atoms with Crippen molar-refractivity contribution in [2.24, 2.45) is 0 Å². The third kappa shape index (κ3) is 2.68. The molecular weight excluding hydrogens is 251 g/mol. The molecule has 0 aliphatic carbocycles. The van der Waals surface area contributed by atoms with E-state index in [-0.39, 0.29) is 23.2 Å². The molecule has 0 fully saturated rings. The van der Waals surface area contributed by atoms with Gasteiger partial charge in [-0.1, -0.05) is 6.07 Å². The lowest BCUT2D eigenvalue weighted by Gasteiger charge is -2.13. The molecule has 0 saturated carbocycles. The fourth-order valence-corrected chi connectivity index (χ4v) is 2.34. The molecule has 0 saturated heterocycles. The number of nitrogens with one attached hydrogen (secondary N) is 1. The number of hydrogen-bond donors (Lipinski definition) is 2. The van der Waals surface area contributed by atoms with Crippen molar-refractivity contribution in [1.29, 1.82) is 0 Å². The number of carbonyl (C=O) groups is 1. The highest BCUT2D eigenvalue weighted by atomic mass is 32.1. The molecule has 94 valence electrons. The number of rotatable bonds is 3. The van der Waals surface area contributed by atoms with Crippen LogP contribution in [0.4, 0.5) is 10.1 Å². The van der Waals surface area contributed by atoms with Crippen molar-refractivity contribution in [2.75, 3.05) is 5.73 Å². The first-order valence-electron chi connectivity index (χ1n) is 5.47. The van der Waals surface area contributed by atoms with Crippen LogP contribution in [0, 0.1) is 5.82 Å². The van der Waals surface area contributed by atoms with E-state index < -0.39 is 5.82 Å². The number of amides is 1. The summed E-state index contributed by atoms with van der Waals surface area (Å²) in [4.78, 5) is 13.0. The Balaban J connectivity index is 2.15. The molecule has 2 aromatic rings. The molecule has 3 nitrogen and oxygen atoms in total. The number of nitrogen functional groups attached to an aromatic ring is 1. The molecule has 0 radical (unpaired) electrons. The topological polar surface area (TPSA) is 55.1 Å². The molecule has 0 spiro atoms. The van der Waals surface area contributed by atoms with Gasteiger partial charge in [-0.25, -0.2) is 4.39 Å². The van der Waals surface area contributed by atoms with Gasteiger partial charge in [-0.3, -0.25) is 4.79 Å². The Morgan fingerprint density at radius 1 is 1.44 bits per heavy atom. The van der Waals surface area contributed by atoms with Crippen LogP contribution in [0.25, 0.3) is 0 Å². The second-order valence-corrected chi connectivity index (χ2v) is 4.92. The Kier molecular flexibility index (Phi) is 3.62. The molecule has 1 aromatic carbocycles. The number of anilines is 1. The quantitative estimate of drug-likeness (QED) is 0.837. The summed E-state index contributed by atoms with van der Waals surface area (Å²) < 4.78 is 13.1. The van der Waals surface area contributed by atoms with Crippen LogP contribution in [0.3, 0.4) is 0 Å². The van der Waals surface area contributed by atoms with Gasteiger partial charge in [0.05, 0.1) is 11.6 Å². The van der Waals surface area contributed by atoms with Crippen molar-refractivity contribution in [2.45, 2.75) is 13.0 Å². The van der Waals surface area contributed by atoms with Gasteiger partial charge in [0, 0.05) is 10.6 Å². The van der Waals surface area contributed by atoms with E-state index in [1.807, 2.05) is 24.4 Å². The molecule has 5 heteroatoms. The fourth-order valence-electron chi connectivity index (χ4n) is 1.61. The molecule has 18 heavy (non-hydrogen) atoms. The third-order valence-electron chi connectivity index (χ3n) is 2.58. The lowest BCUT2D eigenvalue weighted by atomic mass is 10.1. The SMILES string of the molecule is C[C@@H](NC(=O)c1cc(F)ccc1N)c1cccs1. The summed E-state index contributed by atoms with van der Waals surface area (Å²) in [5, 5.41) is 4.73. The molecule has 1 heterocycles. The van der Waals surface area contributed by atoms with Crippen LogP contribution in [-0.2, 0) is 0 Å². The lowest BCUT2D eigenvalue weighted by Crippen LogP contribution is -2.27. The maximum absolute atomic E-state index is 13.1. The first kappa shape index (κ1) is 12.6. The molecule has 0 aliphatic heterocycles. The van der Waals surface area contributed by atoms with Gasteiger partial charge in [-0.05, 0) is 36.6 Å². The Bertz CT molecular complexity index is 554. The summed E-state index contributed by atoms with van der Waals surface area (Å²) in [6.45, 7) is 1.87. The van der Waals surface area contributed by atoms with E-state index in [4.69, 9.17) is 5.73 Å². The second kappa shape index (κ2) is 5.18. The number of carbonyl (C=O) groups excluding carboxylic acids is 1. The number of nitrogens with two attached hydrogens (primary N) is 1. The molecule has 0 bridgehead atoms. The molecule has 0 unspecified atom stereocenters. The summed E-state index contributed by atoms with van der Waals surface area (Å²) in [6.07, 6.45) is 0. The maximum Gasteiger partial charge on any atom is 0.253 e. The lowest BCUT2D eigenvalue weighted by molar-refractivity contribution is 0.0941. The Morgan fingerprint density at radius 3 is 2.89 bits per heavy atom. The number of hydrogen-bond acceptors (Lipinski definition) is 3. The highest BCUT2D eigenvalue weighted by Crippen LogP contribution is 2.20. The normalized spacial score (nSPS) is 12.1. The molecule has 1 atom stereocenters. The zero-order chi connectivity index (χ0) is 13.1. The molecule has 3 N–H and O–H groups in total. The first-order valence-corrected chi connectivity index (χ1v) is 6.35. The molecule has 1 amide bonds. The van der Waals surface area contributed by atoms with Gasteiger partial charge in [0.25, 0.3) is 5.91 Å². The van der Waals surface area contributed by atoms with Crippen LogP contribution in [0.1, 0.15) is 28.2 Å². The van der Waals surface area contributed by atoms with Gasteiger partial charge in [-0.15, -0.1) is 11.3 Å². The van der Waals surface area contributed by atoms with Gasteiger partial charge < -0.3 is 11.1 Å². The fraction of sp³-hybridized carbons (Fsp3) is 0.154. The van der Waals surface area contributed by atoms with Crippen LogP contribution in [0.15, 0.2) is 35.7 Å². The number of halogens is 1. The standard InChI is InChI=1S/C13H13FN2OS/c1-8(12-3-2-6-18-12)16-13(17)10-7-9(14)4-5-11(10)15/h2-8H,15H2,1H3,(H,16,17)/t8-/m1/s1. The highest BCUT2D eigenvalue weighted by Gasteiger charge is 2.15. The molecule has 2 rings (SSSR count). The summed E-state index contributed by atoms with van der Waals surface area (Å²) in [5.41, 5.74) is 6.10. The number of benzene rings is 1. The summed E-state index contributed by atoms with van der Waals surface area (Å²) in [5.74, 6) is -0.842. The van der Waals surface area contributed by atoms with Crippen molar-refractivity contribution in [1.82, 2.24) is 5.32 Å². The Hall–Kier alpha value is -1.88. The average molecular weight is 264 g/mol. The molecule has 1 aromatic heterocycles. The van der Waals surface area contributed by atoms with Crippen molar-refractivity contribution < 1.29 is 9.18 Å². The van der Waals surface area contributed by atoms with Crippen molar-refractivity contribution in [3.8, 4) is 0 Å². The Labute approximate surface area is 108 Å². The second-order valence-electron chi connectivity index (χ2n) is 3.94. The molecule has 0 aliphatic rings.